The highest BCUT2D eigenvalue weighted by molar-refractivity contribution is 7.10. The van der Waals surface area contributed by atoms with Gasteiger partial charge in [-0.05, 0) is 19.4 Å². The highest BCUT2D eigenvalue weighted by atomic mass is 32.1. The summed E-state index contributed by atoms with van der Waals surface area (Å²) in [4.78, 5) is 33.9. The summed E-state index contributed by atoms with van der Waals surface area (Å²) in [7, 11) is 0. The molecule has 18 heavy (non-hydrogen) atoms. The topological polar surface area (TPSA) is 95.5 Å². The quantitative estimate of drug-likeness (QED) is 0.557. The van der Waals surface area contributed by atoms with Crippen LogP contribution in [0.25, 0.3) is 0 Å². The van der Waals surface area contributed by atoms with Gasteiger partial charge in [-0.25, -0.2) is 4.79 Å². The molecule has 0 fully saturated rings. The van der Waals surface area contributed by atoms with Crippen molar-refractivity contribution in [1.82, 2.24) is 10.9 Å². The molecule has 96 valence electrons. The van der Waals surface area contributed by atoms with Crippen LogP contribution in [-0.2, 0) is 9.59 Å². The molecule has 2 amide bonds. The number of hydrogen-bond acceptors (Lipinski definition) is 4. The van der Waals surface area contributed by atoms with Gasteiger partial charge in [-0.2, -0.15) is 0 Å². The first-order valence-corrected chi connectivity index (χ1v) is 5.85. The van der Waals surface area contributed by atoms with Crippen molar-refractivity contribution in [2.24, 2.45) is 0 Å². The number of nitrogens with one attached hydrogen (secondary N) is 2. The van der Waals surface area contributed by atoms with Crippen LogP contribution in [0.3, 0.4) is 0 Å². The number of amides is 2. The van der Waals surface area contributed by atoms with Crippen LogP contribution in [0.15, 0.2) is 17.5 Å². The molecule has 1 heterocycles. The number of aliphatic carboxylic acids is 1. The Morgan fingerprint density at radius 1 is 1.22 bits per heavy atom. The summed E-state index contributed by atoms with van der Waals surface area (Å²) in [6, 6.07) is 0. The van der Waals surface area contributed by atoms with E-state index in [4.69, 9.17) is 5.11 Å². The predicted octanol–water partition coefficient (Wildman–Crippen LogP) is 0.767. The monoisotopic (exact) mass is 268 g/mol. The number of carbonyl (C=O) groups is 3. The van der Waals surface area contributed by atoms with Gasteiger partial charge in [-0.1, -0.05) is 0 Å². The first-order chi connectivity index (χ1) is 8.41. The van der Waals surface area contributed by atoms with Crippen molar-refractivity contribution >= 4 is 29.1 Å². The molecular formula is C11H12N2O4S. The van der Waals surface area contributed by atoms with E-state index in [-0.39, 0.29) is 0 Å². The summed E-state index contributed by atoms with van der Waals surface area (Å²) in [5, 5.41) is 10.00. The molecule has 0 aliphatic heterocycles. The molecule has 3 N–H and O–H groups in total. The van der Waals surface area contributed by atoms with Crippen LogP contribution in [0.1, 0.15) is 20.8 Å². The molecule has 6 nitrogen and oxygen atoms in total. The molecule has 0 aromatic carbocycles. The SMILES string of the molecule is Cc1scc(C(=O)NNC(=O)/C=C/C(=O)O)c1C. The van der Waals surface area contributed by atoms with E-state index >= 15 is 0 Å². The lowest BCUT2D eigenvalue weighted by molar-refractivity contribution is -0.131. The summed E-state index contributed by atoms with van der Waals surface area (Å²) < 4.78 is 0. The van der Waals surface area contributed by atoms with Gasteiger partial charge in [0.15, 0.2) is 0 Å². The second-order valence-corrected chi connectivity index (χ2v) is 4.53. The molecule has 1 aromatic heterocycles. The molecule has 0 unspecified atom stereocenters. The van der Waals surface area contributed by atoms with Gasteiger partial charge in [0.25, 0.3) is 11.8 Å². The normalized spacial score (nSPS) is 10.3. The summed E-state index contributed by atoms with van der Waals surface area (Å²) in [6.07, 6.45) is 1.50. The summed E-state index contributed by atoms with van der Waals surface area (Å²) in [5.74, 6) is -2.38. The van der Waals surface area contributed by atoms with Gasteiger partial charge in [0.1, 0.15) is 0 Å². The van der Waals surface area contributed by atoms with Gasteiger partial charge in [-0.15, -0.1) is 11.3 Å². The average Bonchev–Trinajstić information content (AvgIpc) is 2.64. The van der Waals surface area contributed by atoms with Crippen LogP contribution in [-0.4, -0.2) is 22.9 Å². The fourth-order valence-corrected chi connectivity index (χ4v) is 1.98. The molecule has 0 spiro atoms. The molecule has 0 radical (unpaired) electrons. The molecule has 0 aliphatic carbocycles. The van der Waals surface area contributed by atoms with Crippen LogP contribution < -0.4 is 10.9 Å². The maximum absolute atomic E-state index is 11.7. The van der Waals surface area contributed by atoms with Crippen molar-refractivity contribution in [1.29, 1.82) is 0 Å². The maximum atomic E-state index is 11.7. The fourth-order valence-electron chi connectivity index (χ4n) is 1.11. The maximum Gasteiger partial charge on any atom is 0.328 e. The number of carbonyl (C=O) groups excluding carboxylic acids is 2. The van der Waals surface area contributed by atoms with Crippen molar-refractivity contribution in [2.75, 3.05) is 0 Å². The number of carboxylic acids is 1. The van der Waals surface area contributed by atoms with Crippen molar-refractivity contribution in [3.63, 3.8) is 0 Å². The number of hydrazine groups is 1. The minimum Gasteiger partial charge on any atom is -0.478 e. The van der Waals surface area contributed by atoms with Crippen molar-refractivity contribution < 1.29 is 19.5 Å². The van der Waals surface area contributed by atoms with Crippen LogP contribution in [0.2, 0.25) is 0 Å². The molecule has 1 rings (SSSR count). The second-order valence-electron chi connectivity index (χ2n) is 3.45. The van der Waals surface area contributed by atoms with Gasteiger partial charge in [0.2, 0.25) is 0 Å². The number of carboxylic acid groups (broad SMARTS) is 1. The van der Waals surface area contributed by atoms with Gasteiger partial charge < -0.3 is 5.11 Å². The average molecular weight is 268 g/mol. The van der Waals surface area contributed by atoms with E-state index in [0.29, 0.717) is 11.6 Å². The Bertz CT molecular complexity index is 519. The number of aryl methyl sites for hydroxylation is 1. The molecule has 0 bridgehead atoms. The Morgan fingerprint density at radius 2 is 1.89 bits per heavy atom. The van der Waals surface area contributed by atoms with Crippen LogP contribution in [0.5, 0.6) is 0 Å². The lowest BCUT2D eigenvalue weighted by Gasteiger charge is -2.04. The van der Waals surface area contributed by atoms with Gasteiger partial charge in [0.05, 0.1) is 5.56 Å². The molecule has 0 saturated carbocycles. The largest absolute Gasteiger partial charge is 0.478 e. The Hall–Kier alpha value is -2.15. The Morgan fingerprint density at radius 3 is 2.39 bits per heavy atom. The zero-order valence-corrected chi connectivity index (χ0v) is 10.6. The van der Waals surface area contributed by atoms with E-state index in [2.05, 4.69) is 10.9 Å². The molecule has 1 aromatic rings. The van der Waals surface area contributed by atoms with Gasteiger partial charge in [0, 0.05) is 22.4 Å². The summed E-state index contributed by atoms with van der Waals surface area (Å²) in [5.41, 5.74) is 5.63. The van der Waals surface area contributed by atoms with Crippen LogP contribution in [0.4, 0.5) is 0 Å². The zero-order chi connectivity index (χ0) is 13.7. The predicted molar refractivity (Wildman–Crippen MR) is 66.2 cm³/mol. The van der Waals surface area contributed by atoms with E-state index in [1.807, 2.05) is 13.8 Å². The molecule has 0 atom stereocenters. The first-order valence-electron chi connectivity index (χ1n) is 4.98. The van der Waals surface area contributed by atoms with E-state index < -0.39 is 17.8 Å². The lowest BCUT2D eigenvalue weighted by atomic mass is 10.2. The Balaban J connectivity index is 2.54. The van der Waals surface area contributed by atoms with Crippen molar-refractivity contribution in [3.05, 3.63) is 33.5 Å². The van der Waals surface area contributed by atoms with Crippen LogP contribution >= 0.6 is 11.3 Å². The van der Waals surface area contributed by atoms with Crippen molar-refractivity contribution in [3.8, 4) is 0 Å². The first kappa shape index (κ1) is 13.9. The Kier molecular flexibility index (Phi) is 4.61. The third-order valence-corrected chi connectivity index (χ3v) is 3.22. The highest BCUT2D eigenvalue weighted by Gasteiger charge is 2.12. The van der Waals surface area contributed by atoms with Crippen LogP contribution in [0, 0.1) is 13.8 Å². The van der Waals surface area contributed by atoms with Crippen molar-refractivity contribution in [2.45, 2.75) is 13.8 Å². The van der Waals surface area contributed by atoms with E-state index in [1.54, 1.807) is 5.38 Å². The molecule has 7 heteroatoms. The molecule has 0 saturated heterocycles. The highest BCUT2D eigenvalue weighted by Crippen LogP contribution is 2.19. The van der Waals surface area contributed by atoms with E-state index in [1.165, 1.54) is 11.3 Å². The zero-order valence-electron chi connectivity index (χ0n) is 9.81. The lowest BCUT2D eigenvalue weighted by Crippen LogP contribution is -2.40. The smallest absolute Gasteiger partial charge is 0.328 e. The molecule has 0 aliphatic rings. The summed E-state index contributed by atoms with van der Waals surface area (Å²) in [6.45, 7) is 3.71. The minimum atomic E-state index is -1.24. The minimum absolute atomic E-state index is 0.436. The summed E-state index contributed by atoms with van der Waals surface area (Å²) >= 11 is 1.44. The number of hydrogen-bond donors (Lipinski definition) is 3. The van der Waals surface area contributed by atoms with E-state index in [0.717, 1.165) is 16.5 Å². The third kappa shape index (κ3) is 3.70. The third-order valence-electron chi connectivity index (χ3n) is 2.21. The number of thiophene rings is 1. The Labute approximate surface area is 107 Å². The van der Waals surface area contributed by atoms with Gasteiger partial charge >= 0.3 is 5.97 Å². The second kappa shape index (κ2) is 5.97. The fraction of sp³-hybridized carbons (Fsp3) is 0.182. The molecular weight excluding hydrogens is 256 g/mol. The van der Waals surface area contributed by atoms with E-state index in [9.17, 15) is 14.4 Å². The number of rotatable bonds is 3. The standard InChI is InChI=1S/C11H12N2O4S/c1-6-7(2)18-5-8(6)11(17)13-12-9(14)3-4-10(15)16/h3-5H,1-2H3,(H,12,14)(H,13,17)(H,15,16)/b4-3+. The van der Waals surface area contributed by atoms with Gasteiger partial charge in [-0.3, -0.25) is 20.4 Å².